The molecule has 0 aromatic heterocycles. The Morgan fingerprint density at radius 1 is 1.36 bits per heavy atom. The number of hydrogen-bond donors (Lipinski definition) is 1. The van der Waals surface area contributed by atoms with Gasteiger partial charge in [-0.1, -0.05) is 45.2 Å². The van der Waals surface area contributed by atoms with E-state index >= 15 is 0 Å². The fourth-order valence-corrected chi connectivity index (χ4v) is 0.514. The van der Waals surface area contributed by atoms with Crippen LogP contribution in [0.2, 0.25) is 0 Å². The minimum absolute atomic E-state index is 0.444. The molecule has 0 aliphatic carbocycles. The number of aliphatic hydroxyl groups excluding tert-OH is 1. The molecule has 1 nitrogen and oxygen atoms in total. The van der Waals surface area contributed by atoms with Crippen molar-refractivity contribution in [3.63, 3.8) is 0 Å². The molecule has 64 valence electrons. The van der Waals surface area contributed by atoms with E-state index in [1.165, 1.54) is 0 Å². The summed E-state index contributed by atoms with van der Waals surface area (Å²) in [5.41, 5.74) is 0.796. The van der Waals surface area contributed by atoms with E-state index < -0.39 is 6.10 Å². The fraction of sp³-hybridized carbons (Fsp3) is 0.400. The Kier molecular flexibility index (Phi) is 10.7. The average Bonchev–Trinajstić information content (AvgIpc) is 2.03. The van der Waals surface area contributed by atoms with Gasteiger partial charge in [0.25, 0.3) is 0 Å². The van der Waals surface area contributed by atoms with E-state index in [1.807, 2.05) is 13.8 Å². The van der Waals surface area contributed by atoms with Crippen LogP contribution in [0.1, 0.15) is 20.8 Å². The molecule has 0 amide bonds. The summed E-state index contributed by atoms with van der Waals surface area (Å²) in [6, 6.07) is 0. The predicted octanol–water partition coefficient (Wildman–Crippen LogP) is 2.69. The van der Waals surface area contributed by atoms with Gasteiger partial charge >= 0.3 is 0 Å². The lowest BCUT2D eigenvalue weighted by atomic mass is 10.1. The quantitative estimate of drug-likeness (QED) is 0.620. The SMILES string of the molecule is C=C/C=C(\C=C)C(C)O.CC. The van der Waals surface area contributed by atoms with E-state index in [1.54, 1.807) is 25.2 Å². The average molecular weight is 154 g/mol. The summed E-state index contributed by atoms with van der Waals surface area (Å²) in [4.78, 5) is 0. The zero-order valence-corrected chi connectivity index (χ0v) is 7.67. The molecule has 0 aromatic rings. The highest BCUT2D eigenvalue weighted by molar-refractivity contribution is 5.23. The number of hydrogen-bond acceptors (Lipinski definition) is 1. The third-order valence-electron chi connectivity index (χ3n) is 1.03. The van der Waals surface area contributed by atoms with Crippen LogP contribution in [0.15, 0.2) is 37.0 Å². The first-order valence-electron chi connectivity index (χ1n) is 3.85. The maximum atomic E-state index is 8.96. The Balaban J connectivity index is 0. The predicted molar refractivity (Wildman–Crippen MR) is 51.5 cm³/mol. The Hall–Kier alpha value is -0.820. The fourth-order valence-electron chi connectivity index (χ4n) is 0.514. The van der Waals surface area contributed by atoms with Crippen molar-refractivity contribution in [2.45, 2.75) is 26.9 Å². The molecule has 0 saturated heterocycles. The monoisotopic (exact) mass is 154 g/mol. The minimum atomic E-state index is -0.444. The van der Waals surface area contributed by atoms with Crippen LogP contribution in [-0.2, 0) is 0 Å². The van der Waals surface area contributed by atoms with Crippen molar-refractivity contribution in [3.05, 3.63) is 37.0 Å². The topological polar surface area (TPSA) is 20.2 Å². The molecule has 1 heteroatoms. The summed E-state index contributed by atoms with van der Waals surface area (Å²) in [6.07, 6.45) is 4.54. The van der Waals surface area contributed by atoms with Gasteiger partial charge < -0.3 is 5.11 Å². The lowest BCUT2D eigenvalue weighted by Crippen LogP contribution is -2.00. The van der Waals surface area contributed by atoms with Crippen molar-refractivity contribution in [3.8, 4) is 0 Å². The summed E-state index contributed by atoms with van der Waals surface area (Å²) >= 11 is 0. The van der Waals surface area contributed by atoms with Crippen LogP contribution in [0.3, 0.4) is 0 Å². The first-order chi connectivity index (χ1) is 5.22. The van der Waals surface area contributed by atoms with Crippen LogP contribution in [0, 0.1) is 0 Å². The van der Waals surface area contributed by atoms with Crippen molar-refractivity contribution in [1.29, 1.82) is 0 Å². The van der Waals surface area contributed by atoms with Gasteiger partial charge in [0.1, 0.15) is 0 Å². The zero-order chi connectivity index (χ0) is 9.28. The minimum Gasteiger partial charge on any atom is -0.389 e. The van der Waals surface area contributed by atoms with E-state index in [9.17, 15) is 0 Å². The molecule has 1 unspecified atom stereocenters. The third kappa shape index (κ3) is 7.07. The van der Waals surface area contributed by atoms with Crippen molar-refractivity contribution in [2.75, 3.05) is 0 Å². The molecule has 0 aliphatic rings. The number of allylic oxidation sites excluding steroid dienone is 2. The molecule has 11 heavy (non-hydrogen) atoms. The van der Waals surface area contributed by atoms with Gasteiger partial charge in [0.15, 0.2) is 0 Å². The van der Waals surface area contributed by atoms with Gasteiger partial charge in [-0.15, -0.1) is 0 Å². The van der Waals surface area contributed by atoms with E-state index in [0.29, 0.717) is 0 Å². The highest BCUT2D eigenvalue weighted by Crippen LogP contribution is 2.01. The summed E-state index contributed by atoms with van der Waals surface area (Å²) < 4.78 is 0. The highest BCUT2D eigenvalue weighted by atomic mass is 16.3. The summed E-state index contributed by atoms with van der Waals surface area (Å²) in [5, 5.41) is 8.96. The van der Waals surface area contributed by atoms with E-state index in [4.69, 9.17) is 5.11 Å². The molecule has 1 atom stereocenters. The molecule has 0 radical (unpaired) electrons. The van der Waals surface area contributed by atoms with Gasteiger partial charge in [-0.05, 0) is 12.5 Å². The lowest BCUT2D eigenvalue weighted by molar-refractivity contribution is 0.235. The molecule has 0 rings (SSSR count). The summed E-state index contributed by atoms with van der Waals surface area (Å²) in [6.45, 7) is 12.7. The van der Waals surface area contributed by atoms with Gasteiger partial charge in [-0.2, -0.15) is 0 Å². The second-order valence-electron chi connectivity index (χ2n) is 1.78. The van der Waals surface area contributed by atoms with Gasteiger partial charge in [-0.3, -0.25) is 0 Å². The molecule has 0 saturated carbocycles. The summed E-state index contributed by atoms with van der Waals surface area (Å²) in [5.74, 6) is 0. The normalized spacial score (nSPS) is 12.5. The molecular weight excluding hydrogens is 136 g/mol. The van der Waals surface area contributed by atoms with Crippen LogP contribution in [0.5, 0.6) is 0 Å². The summed E-state index contributed by atoms with van der Waals surface area (Å²) in [7, 11) is 0. The molecule has 0 heterocycles. The number of aliphatic hydroxyl groups is 1. The third-order valence-corrected chi connectivity index (χ3v) is 1.03. The lowest BCUT2D eigenvalue weighted by Gasteiger charge is -2.01. The molecule has 1 N–H and O–H groups in total. The molecule has 0 spiro atoms. The molecule has 0 aliphatic heterocycles. The maximum absolute atomic E-state index is 8.96. The van der Waals surface area contributed by atoms with Crippen molar-refractivity contribution >= 4 is 0 Å². The van der Waals surface area contributed by atoms with Crippen LogP contribution >= 0.6 is 0 Å². The van der Waals surface area contributed by atoms with E-state index in [0.717, 1.165) is 5.57 Å². The first kappa shape index (κ1) is 12.8. The van der Waals surface area contributed by atoms with Crippen molar-refractivity contribution < 1.29 is 5.11 Å². The van der Waals surface area contributed by atoms with Crippen molar-refractivity contribution in [2.24, 2.45) is 0 Å². The van der Waals surface area contributed by atoms with Crippen LogP contribution in [-0.4, -0.2) is 11.2 Å². The second-order valence-corrected chi connectivity index (χ2v) is 1.78. The van der Waals surface area contributed by atoms with Gasteiger partial charge in [-0.25, -0.2) is 0 Å². The Bertz CT molecular complexity index is 132. The largest absolute Gasteiger partial charge is 0.389 e. The maximum Gasteiger partial charge on any atom is 0.0761 e. The van der Waals surface area contributed by atoms with Crippen molar-refractivity contribution in [1.82, 2.24) is 0 Å². The number of rotatable bonds is 3. The van der Waals surface area contributed by atoms with Gasteiger partial charge in [0, 0.05) is 0 Å². The standard InChI is InChI=1S/C8H12O.C2H6/c1-4-6-8(5-2)7(3)9;1-2/h4-7,9H,1-2H2,3H3;1-2H3/b8-6+;. The first-order valence-corrected chi connectivity index (χ1v) is 3.85. The Morgan fingerprint density at radius 2 is 1.82 bits per heavy atom. The second kappa shape index (κ2) is 9.18. The van der Waals surface area contributed by atoms with Crippen LogP contribution < -0.4 is 0 Å². The molecular formula is C10H18O. The molecule has 0 fully saturated rings. The van der Waals surface area contributed by atoms with Gasteiger partial charge in [0.05, 0.1) is 6.10 Å². The zero-order valence-electron chi connectivity index (χ0n) is 7.67. The molecule has 0 aromatic carbocycles. The smallest absolute Gasteiger partial charge is 0.0761 e. The Morgan fingerprint density at radius 3 is 1.91 bits per heavy atom. The van der Waals surface area contributed by atoms with E-state index in [-0.39, 0.29) is 0 Å². The van der Waals surface area contributed by atoms with Crippen LogP contribution in [0.4, 0.5) is 0 Å². The van der Waals surface area contributed by atoms with Gasteiger partial charge in [0.2, 0.25) is 0 Å². The Labute approximate surface area is 69.8 Å². The van der Waals surface area contributed by atoms with Crippen LogP contribution in [0.25, 0.3) is 0 Å². The highest BCUT2D eigenvalue weighted by Gasteiger charge is 1.95. The van der Waals surface area contributed by atoms with E-state index in [2.05, 4.69) is 13.2 Å². The molecule has 0 bridgehead atoms.